The zero-order chi connectivity index (χ0) is 39.8. The molecule has 5 aliphatic rings. The SMILES string of the molecule is c1ccc(-c2ccccc2N(c2cccc(-c3cccc4c3oc3ccccc34)c2)c2cc3c4c(c2)c2ccccc2n4-c2ccccc2C32C3CC4CC(C3)CC2C4)cc1. The number of anilines is 3. The molecule has 0 N–H and O–H groups in total. The highest BCUT2D eigenvalue weighted by molar-refractivity contribution is 6.14. The average molecular weight is 785 g/mol. The number of furan rings is 1. The molecular weight excluding hydrogens is 741 g/mol. The van der Waals surface area contributed by atoms with Crippen LogP contribution in [-0.2, 0) is 5.41 Å². The molecule has 4 bridgehead atoms. The normalized spacial score (nSPS) is 22.2. The van der Waals surface area contributed by atoms with E-state index in [0.29, 0.717) is 11.8 Å². The fraction of sp³-hybridized carbons (Fsp3) is 0.172. The molecule has 0 radical (unpaired) electrons. The van der Waals surface area contributed by atoms with E-state index in [1.54, 1.807) is 5.56 Å². The minimum Gasteiger partial charge on any atom is -0.455 e. The van der Waals surface area contributed by atoms with E-state index in [9.17, 15) is 0 Å². The first-order chi connectivity index (χ1) is 30.2. The maximum absolute atomic E-state index is 6.64. The van der Waals surface area contributed by atoms with Crippen molar-refractivity contribution < 1.29 is 4.42 Å². The summed E-state index contributed by atoms with van der Waals surface area (Å²) in [6.07, 6.45) is 6.78. The summed E-state index contributed by atoms with van der Waals surface area (Å²) in [5, 5.41) is 4.96. The van der Waals surface area contributed by atoms with Crippen molar-refractivity contribution in [3.8, 4) is 27.9 Å². The first-order valence-corrected chi connectivity index (χ1v) is 22.3. The van der Waals surface area contributed by atoms with Crippen molar-refractivity contribution in [3.05, 3.63) is 193 Å². The average Bonchev–Trinajstić information content (AvgIpc) is 3.86. The number of nitrogens with zero attached hydrogens (tertiary/aromatic N) is 2. The smallest absolute Gasteiger partial charge is 0.143 e. The molecule has 8 aromatic carbocycles. The summed E-state index contributed by atoms with van der Waals surface area (Å²) in [6.45, 7) is 0. The van der Waals surface area contributed by atoms with Crippen molar-refractivity contribution in [1.82, 2.24) is 4.57 Å². The Hall–Kier alpha value is -6.84. The third-order valence-corrected chi connectivity index (χ3v) is 15.5. The third-order valence-electron chi connectivity index (χ3n) is 15.5. The zero-order valence-electron chi connectivity index (χ0n) is 34.0. The van der Waals surface area contributed by atoms with Crippen LogP contribution in [0.4, 0.5) is 17.1 Å². The second-order valence-electron chi connectivity index (χ2n) is 18.5. The lowest BCUT2D eigenvalue weighted by Gasteiger charge is -2.63. The van der Waals surface area contributed by atoms with Gasteiger partial charge in [-0.3, -0.25) is 0 Å². The largest absolute Gasteiger partial charge is 0.455 e. The lowest BCUT2D eigenvalue weighted by molar-refractivity contribution is -0.0418. The number of rotatable bonds is 5. The van der Waals surface area contributed by atoms with Crippen molar-refractivity contribution >= 4 is 60.8 Å². The molecule has 292 valence electrons. The van der Waals surface area contributed by atoms with Gasteiger partial charge in [0.25, 0.3) is 0 Å². The molecule has 0 amide bonds. The summed E-state index contributed by atoms with van der Waals surface area (Å²) in [7, 11) is 0. The van der Waals surface area contributed by atoms with Crippen LogP contribution in [0.25, 0.3) is 71.7 Å². The van der Waals surface area contributed by atoms with Gasteiger partial charge in [0.1, 0.15) is 11.2 Å². The monoisotopic (exact) mass is 784 g/mol. The maximum atomic E-state index is 6.64. The summed E-state index contributed by atoms with van der Waals surface area (Å²) in [4.78, 5) is 2.57. The van der Waals surface area contributed by atoms with Gasteiger partial charge in [-0.25, -0.2) is 0 Å². The van der Waals surface area contributed by atoms with Crippen molar-refractivity contribution in [2.24, 2.45) is 23.7 Å². The Morgan fingerprint density at radius 1 is 0.475 bits per heavy atom. The van der Waals surface area contributed by atoms with E-state index < -0.39 is 0 Å². The number of aromatic nitrogens is 1. The first-order valence-electron chi connectivity index (χ1n) is 22.3. The van der Waals surface area contributed by atoms with Crippen LogP contribution in [0, 0.1) is 23.7 Å². The van der Waals surface area contributed by atoms with Crippen LogP contribution in [0.5, 0.6) is 0 Å². The molecule has 0 saturated heterocycles. The lowest BCUT2D eigenvalue weighted by atomic mass is 9.41. The Bertz CT molecular complexity index is 3380. The van der Waals surface area contributed by atoms with Gasteiger partial charge in [0, 0.05) is 49.5 Å². The Morgan fingerprint density at radius 3 is 2.02 bits per heavy atom. The van der Waals surface area contributed by atoms with Crippen LogP contribution in [0.15, 0.2) is 186 Å². The van der Waals surface area contributed by atoms with Crippen LogP contribution in [0.1, 0.15) is 43.2 Å². The Labute approximate surface area is 355 Å². The van der Waals surface area contributed by atoms with Crippen LogP contribution in [0.3, 0.4) is 0 Å². The molecule has 4 saturated carbocycles. The van der Waals surface area contributed by atoms with Gasteiger partial charge in [0.2, 0.25) is 0 Å². The van der Waals surface area contributed by atoms with Gasteiger partial charge >= 0.3 is 0 Å². The molecule has 61 heavy (non-hydrogen) atoms. The van der Waals surface area contributed by atoms with Gasteiger partial charge in [0.05, 0.1) is 22.4 Å². The van der Waals surface area contributed by atoms with Crippen LogP contribution < -0.4 is 4.90 Å². The van der Waals surface area contributed by atoms with E-state index in [-0.39, 0.29) is 5.41 Å². The van der Waals surface area contributed by atoms with Gasteiger partial charge in [-0.05, 0) is 127 Å². The van der Waals surface area contributed by atoms with E-state index in [4.69, 9.17) is 4.42 Å². The molecular formula is C58H44N2O. The van der Waals surface area contributed by atoms with Gasteiger partial charge in [-0.1, -0.05) is 133 Å². The minimum absolute atomic E-state index is 0.0357. The van der Waals surface area contributed by atoms with Crippen LogP contribution in [0.2, 0.25) is 0 Å². The predicted octanol–water partition coefficient (Wildman–Crippen LogP) is 15.5. The van der Waals surface area contributed by atoms with Crippen molar-refractivity contribution in [1.29, 1.82) is 0 Å². The topological polar surface area (TPSA) is 21.3 Å². The zero-order valence-corrected chi connectivity index (χ0v) is 34.0. The molecule has 3 heterocycles. The second kappa shape index (κ2) is 12.6. The lowest BCUT2D eigenvalue weighted by Crippen LogP contribution is -2.57. The molecule has 4 fully saturated rings. The Balaban J connectivity index is 1.07. The number of hydrogen-bond donors (Lipinski definition) is 0. The highest BCUT2D eigenvalue weighted by Crippen LogP contribution is 2.68. The van der Waals surface area contributed by atoms with E-state index in [2.05, 4.69) is 191 Å². The molecule has 15 rings (SSSR count). The quantitative estimate of drug-likeness (QED) is 0.173. The summed E-state index contributed by atoms with van der Waals surface area (Å²) in [5.74, 6) is 2.99. The Morgan fingerprint density at radius 2 is 1.15 bits per heavy atom. The van der Waals surface area contributed by atoms with Gasteiger partial charge in [-0.15, -0.1) is 0 Å². The molecule has 3 nitrogen and oxygen atoms in total. The number of fused-ring (bicyclic) bond motifs is 8. The van der Waals surface area contributed by atoms with Crippen molar-refractivity contribution in [2.75, 3.05) is 4.90 Å². The van der Waals surface area contributed by atoms with Crippen molar-refractivity contribution in [2.45, 2.75) is 37.5 Å². The summed E-state index contributed by atoms with van der Waals surface area (Å²) >= 11 is 0. The van der Waals surface area contributed by atoms with Gasteiger partial charge < -0.3 is 13.9 Å². The van der Waals surface area contributed by atoms with E-state index >= 15 is 0 Å². The third kappa shape index (κ3) is 4.64. The Kier molecular flexibility index (Phi) is 7.01. The van der Waals surface area contributed by atoms with Crippen molar-refractivity contribution in [3.63, 3.8) is 0 Å². The van der Waals surface area contributed by atoms with Crippen LogP contribution in [-0.4, -0.2) is 4.57 Å². The van der Waals surface area contributed by atoms with Gasteiger partial charge in [-0.2, -0.15) is 0 Å². The van der Waals surface area contributed by atoms with E-state index in [1.807, 2.05) is 0 Å². The first kappa shape index (κ1) is 33.9. The molecule has 0 unspecified atom stereocenters. The molecule has 0 atom stereocenters. The van der Waals surface area contributed by atoms with E-state index in [1.165, 1.54) is 87.7 Å². The highest BCUT2D eigenvalue weighted by Gasteiger charge is 2.61. The number of benzene rings is 8. The molecule has 1 spiro atoms. The fourth-order valence-electron chi connectivity index (χ4n) is 13.5. The minimum atomic E-state index is -0.0357. The molecule has 2 aromatic heterocycles. The fourth-order valence-corrected chi connectivity index (χ4v) is 13.5. The number of hydrogen-bond acceptors (Lipinski definition) is 2. The summed E-state index contributed by atoms with van der Waals surface area (Å²) < 4.78 is 9.27. The van der Waals surface area contributed by atoms with E-state index in [0.717, 1.165) is 50.6 Å². The van der Waals surface area contributed by atoms with Gasteiger partial charge in [0.15, 0.2) is 0 Å². The second-order valence-corrected chi connectivity index (χ2v) is 18.5. The number of para-hydroxylation sites is 5. The molecule has 3 heteroatoms. The van der Waals surface area contributed by atoms with Crippen LogP contribution >= 0.6 is 0 Å². The summed E-state index contributed by atoms with van der Waals surface area (Å²) in [6, 6.07) is 67.9. The standard InChI is InChI=1S/C58H44N2O/c1-2-14-38(15-3-1)44-18-4-8-24-52(44)59(42-17-12-16-39(33-42)45-21-13-22-48-47-20-6-11-27-55(47)61-57(45)48)43-34-49-46-19-5-9-25-53(46)60-54-26-10-7-23-50(54)58(51(35-43)56(49)60)40-29-36-28-37(31-40)32-41(58)30-36/h1-27,33-37,40-41H,28-32H2. The molecule has 1 aliphatic heterocycles. The predicted molar refractivity (Wildman–Crippen MR) is 251 cm³/mol. The maximum Gasteiger partial charge on any atom is 0.143 e. The molecule has 10 aromatic rings. The summed E-state index contributed by atoms with van der Waals surface area (Å²) in [5.41, 5.74) is 17.1. The molecule has 4 aliphatic carbocycles. The highest BCUT2D eigenvalue weighted by atomic mass is 16.3.